The van der Waals surface area contributed by atoms with Gasteiger partial charge >= 0.3 is 0 Å². The molecule has 1 N–H and O–H groups in total. The fourth-order valence-corrected chi connectivity index (χ4v) is 1.37. The first-order valence-electron chi connectivity index (χ1n) is 4.54. The van der Waals surface area contributed by atoms with Crippen molar-refractivity contribution in [1.82, 2.24) is 15.1 Å². The lowest BCUT2D eigenvalue weighted by molar-refractivity contribution is 0.562. The van der Waals surface area contributed by atoms with Crippen LogP contribution in [0.25, 0.3) is 0 Å². The summed E-state index contributed by atoms with van der Waals surface area (Å²) >= 11 is 0. The van der Waals surface area contributed by atoms with E-state index in [0.717, 1.165) is 19.0 Å². The van der Waals surface area contributed by atoms with Crippen LogP contribution in [0, 0.1) is 5.92 Å². The van der Waals surface area contributed by atoms with Gasteiger partial charge in [0.2, 0.25) is 0 Å². The van der Waals surface area contributed by atoms with Gasteiger partial charge in [0, 0.05) is 24.8 Å². The van der Waals surface area contributed by atoms with Crippen LogP contribution in [-0.4, -0.2) is 16.8 Å². The van der Waals surface area contributed by atoms with E-state index in [-0.39, 0.29) is 0 Å². The van der Waals surface area contributed by atoms with Crippen molar-refractivity contribution in [2.75, 3.05) is 7.05 Å². The molecule has 0 radical (unpaired) electrons. The third-order valence-electron chi connectivity index (χ3n) is 2.21. The summed E-state index contributed by atoms with van der Waals surface area (Å²) in [6.45, 7) is 2.04. The molecule has 0 unspecified atom stereocenters. The first-order chi connectivity index (χ1) is 5.88. The molecule has 0 spiro atoms. The molecule has 0 saturated heterocycles. The Balaban J connectivity index is 1.92. The van der Waals surface area contributed by atoms with Crippen LogP contribution in [0.15, 0.2) is 12.4 Å². The molecule has 0 aromatic carbocycles. The minimum Gasteiger partial charge on any atom is -0.316 e. The van der Waals surface area contributed by atoms with Crippen LogP contribution in [0.5, 0.6) is 0 Å². The van der Waals surface area contributed by atoms with Gasteiger partial charge in [0.25, 0.3) is 0 Å². The van der Waals surface area contributed by atoms with Gasteiger partial charge in [-0.2, -0.15) is 5.10 Å². The molecule has 66 valence electrons. The van der Waals surface area contributed by atoms with Gasteiger partial charge in [-0.05, 0) is 25.8 Å². The Labute approximate surface area is 72.8 Å². The van der Waals surface area contributed by atoms with E-state index in [4.69, 9.17) is 0 Å². The van der Waals surface area contributed by atoms with Crippen molar-refractivity contribution in [3.63, 3.8) is 0 Å². The summed E-state index contributed by atoms with van der Waals surface area (Å²) in [5.74, 6) is 0.910. The quantitative estimate of drug-likeness (QED) is 0.721. The molecule has 0 aliphatic heterocycles. The zero-order valence-electron chi connectivity index (χ0n) is 7.45. The molecule has 0 bridgehead atoms. The van der Waals surface area contributed by atoms with Crippen LogP contribution in [-0.2, 0) is 13.1 Å². The standard InChI is InChI=1S/C9H15N3/c1-10-4-9-5-11-12(7-9)6-8-2-3-8/h5,7-8,10H,2-4,6H2,1H3. The van der Waals surface area contributed by atoms with Gasteiger partial charge in [-0.15, -0.1) is 0 Å². The lowest BCUT2D eigenvalue weighted by Gasteiger charge is -1.96. The molecule has 12 heavy (non-hydrogen) atoms. The molecule has 1 aromatic heterocycles. The van der Waals surface area contributed by atoms with Gasteiger partial charge in [0.05, 0.1) is 6.20 Å². The summed E-state index contributed by atoms with van der Waals surface area (Å²) in [5.41, 5.74) is 1.28. The predicted molar refractivity (Wildman–Crippen MR) is 47.7 cm³/mol. The maximum absolute atomic E-state index is 4.29. The summed E-state index contributed by atoms with van der Waals surface area (Å²) in [4.78, 5) is 0. The average Bonchev–Trinajstić information content (AvgIpc) is 2.74. The third-order valence-corrected chi connectivity index (χ3v) is 2.21. The Morgan fingerprint density at radius 2 is 2.50 bits per heavy atom. The molecular weight excluding hydrogens is 150 g/mol. The Morgan fingerprint density at radius 3 is 3.17 bits per heavy atom. The number of hydrogen-bond donors (Lipinski definition) is 1. The average molecular weight is 165 g/mol. The maximum atomic E-state index is 4.29. The van der Waals surface area contributed by atoms with Gasteiger partial charge in [0.15, 0.2) is 0 Å². The second kappa shape index (κ2) is 3.27. The van der Waals surface area contributed by atoms with Crippen molar-refractivity contribution in [1.29, 1.82) is 0 Å². The van der Waals surface area contributed by atoms with Crippen molar-refractivity contribution in [2.24, 2.45) is 5.92 Å². The van der Waals surface area contributed by atoms with Gasteiger partial charge in [-0.25, -0.2) is 0 Å². The molecule has 0 amide bonds. The van der Waals surface area contributed by atoms with Crippen LogP contribution >= 0.6 is 0 Å². The van der Waals surface area contributed by atoms with Crippen LogP contribution in [0.4, 0.5) is 0 Å². The van der Waals surface area contributed by atoms with Crippen molar-refractivity contribution < 1.29 is 0 Å². The highest BCUT2D eigenvalue weighted by atomic mass is 15.3. The van der Waals surface area contributed by atoms with E-state index in [1.54, 1.807) is 0 Å². The molecule has 1 heterocycles. The SMILES string of the molecule is CNCc1cnn(CC2CC2)c1. The molecule has 1 aliphatic rings. The predicted octanol–water partition coefficient (Wildman–Crippen LogP) is 1.01. The maximum Gasteiger partial charge on any atom is 0.0534 e. The van der Waals surface area contributed by atoms with Crippen molar-refractivity contribution in [3.05, 3.63) is 18.0 Å². The Bertz CT molecular complexity index is 250. The molecule has 1 fully saturated rings. The number of aromatic nitrogens is 2. The normalized spacial score (nSPS) is 16.8. The summed E-state index contributed by atoms with van der Waals surface area (Å²) in [6.07, 6.45) is 6.86. The Hall–Kier alpha value is -0.830. The lowest BCUT2D eigenvalue weighted by Crippen LogP contribution is -2.04. The zero-order chi connectivity index (χ0) is 8.39. The van der Waals surface area contributed by atoms with Crippen LogP contribution in [0.2, 0.25) is 0 Å². The molecule has 1 saturated carbocycles. The van der Waals surface area contributed by atoms with E-state index in [1.165, 1.54) is 18.4 Å². The molecular formula is C9H15N3. The monoisotopic (exact) mass is 165 g/mol. The summed E-state index contributed by atoms with van der Waals surface area (Å²) in [6, 6.07) is 0. The van der Waals surface area contributed by atoms with E-state index >= 15 is 0 Å². The van der Waals surface area contributed by atoms with E-state index in [1.807, 2.05) is 13.2 Å². The highest BCUT2D eigenvalue weighted by Gasteiger charge is 2.21. The number of hydrogen-bond acceptors (Lipinski definition) is 2. The van der Waals surface area contributed by atoms with Crippen molar-refractivity contribution in [3.8, 4) is 0 Å². The van der Waals surface area contributed by atoms with Crippen LogP contribution < -0.4 is 5.32 Å². The van der Waals surface area contributed by atoms with E-state index in [9.17, 15) is 0 Å². The highest BCUT2D eigenvalue weighted by molar-refractivity contribution is 5.03. The van der Waals surface area contributed by atoms with Gasteiger partial charge in [-0.1, -0.05) is 0 Å². The van der Waals surface area contributed by atoms with Crippen LogP contribution in [0.3, 0.4) is 0 Å². The summed E-state index contributed by atoms with van der Waals surface area (Å²) in [7, 11) is 1.96. The van der Waals surface area contributed by atoms with Gasteiger partial charge in [-0.3, -0.25) is 4.68 Å². The van der Waals surface area contributed by atoms with Crippen LogP contribution in [0.1, 0.15) is 18.4 Å². The van der Waals surface area contributed by atoms with E-state index in [0.29, 0.717) is 0 Å². The fraction of sp³-hybridized carbons (Fsp3) is 0.667. The molecule has 1 aromatic rings. The van der Waals surface area contributed by atoms with Crippen molar-refractivity contribution >= 4 is 0 Å². The van der Waals surface area contributed by atoms with E-state index in [2.05, 4.69) is 21.3 Å². The van der Waals surface area contributed by atoms with Crippen molar-refractivity contribution in [2.45, 2.75) is 25.9 Å². The topological polar surface area (TPSA) is 29.9 Å². The third kappa shape index (κ3) is 1.85. The minimum atomic E-state index is 0.910. The lowest BCUT2D eigenvalue weighted by atomic mass is 10.3. The first-order valence-corrected chi connectivity index (χ1v) is 4.54. The molecule has 0 atom stereocenters. The minimum absolute atomic E-state index is 0.910. The van der Waals surface area contributed by atoms with E-state index < -0.39 is 0 Å². The van der Waals surface area contributed by atoms with Gasteiger partial charge in [0.1, 0.15) is 0 Å². The molecule has 3 nitrogen and oxygen atoms in total. The summed E-state index contributed by atoms with van der Waals surface area (Å²) in [5, 5.41) is 7.40. The number of nitrogens with one attached hydrogen (secondary N) is 1. The molecule has 3 heteroatoms. The second-order valence-corrected chi connectivity index (χ2v) is 3.54. The fourth-order valence-electron chi connectivity index (χ4n) is 1.37. The highest BCUT2D eigenvalue weighted by Crippen LogP contribution is 2.30. The molecule has 1 aliphatic carbocycles. The van der Waals surface area contributed by atoms with Gasteiger partial charge < -0.3 is 5.32 Å². The summed E-state index contributed by atoms with van der Waals surface area (Å²) < 4.78 is 2.06. The second-order valence-electron chi connectivity index (χ2n) is 3.54. The number of nitrogens with zero attached hydrogens (tertiary/aromatic N) is 2. The Morgan fingerprint density at radius 1 is 1.67 bits per heavy atom. The largest absolute Gasteiger partial charge is 0.316 e. The number of rotatable bonds is 4. The molecule has 2 rings (SSSR count). The Kier molecular flexibility index (Phi) is 2.13. The zero-order valence-corrected chi connectivity index (χ0v) is 7.45. The first kappa shape index (κ1) is 7.80. The smallest absolute Gasteiger partial charge is 0.0534 e.